The van der Waals surface area contributed by atoms with Crippen LogP contribution in [0, 0.1) is 0 Å². The third-order valence-electron chi connectivity index (χ3n) is 6.79. The van der Waals surface area contributed by atoms with Gasteiger partial charge >= 0.3 is 12.1 Å². The molecule has 2 aromatic rings. The number of aromatic nitrogens is 3. The second-order valence-electron chi connectivity index (χ2n) is 9.95. The van der Waals surface area contributed by atoms with Gasteiger partial charge in [0.2, 0.25) is 23.8 Å². The number of hydrogen-bond acceptors (Lipinski definition) is 10. The van der Waals surface area contributed by atoms with Crippen molar-refractivity contribution in [3.05, 3.63) is 29.8 Å². The first-order valence-electron chi connectivity index (χ1n) is 13.2. The first kappa shape index (κ1) is 27.9. The average molecular weight is 541 g/mol. The highest BCUT2D eigenvalue weighted by Gasteiger charge is 2.26. The molecule has 1 atom stereocenters. The highest BCUT2D eigenvalue weighted by molar-refractivity contribution is 5.77. The predicted octanol–water partition coefficient (Wildman–Crippen LogP) is 1.70. The van der Waals surface area contributed by atoms with E-state index < -0.39 is 18.1 Å². The molecule has 0 unspecified atom stereocenters. The zero-order chi connectivity index (χ0) is 27.9. The SMILES string of the molecule is CC(=O)N1CCN(c2nc(N[C@@H](Cc3ccc(OC(=O)N(C)C)cc3)C(=O)O)nc(N3CCCCC3)n2)CC1. The molecule has 0 radical (unpaired) electrons. The fourth-order valence-corrected chi connectivity index (χ4v) is 4.49. The Hall–Kier alpha value is -4.16. The summed E-state index contributed by atoms with van der Waals surface area (Å²) in [7, 11) is 3.18. The van der Waals surface area contributed by atoms with E-state index >= 15 is 0 Å². The molecule has 0 bridgehead atoms. The van der Waals surface area contributed by atoms with Crippen molar-refractivity contribution in [1.29, 1.82) is 0 Å². The van der Waals surface area contributed by atoms with Crippen molar-refractivity contribution in [2.24, 2.45) is 0 Å². The minimum absolute atomic E-state index is 0.0369. The smallest absolute Gasteiger partial charge is 0.414 e. The van der Waals surface area contributed by atoms with Gasteiger partial charge in [0.1, 0.15) is 11.8 Å². The van der Waals surface area contributed by atoms with Gasteiger partial charge in [-0.1, -0.05) is 12.1 Å². The van der Waals surface area contributed by atoms with E-state index in [2.05, 4.69) is 20.2 Å². The first-order valence-corrected chi connectivity index (χ1v) is 13.2. The van der Waals surface area contributed by atoms with Crippen molar-refractivity contribution < 1.29 is 24.2 Å². The summed E-state index contributed by atoms with van der Waals surface area (Å²) >= 11 is 0. The molecule has 2 fully saturated rings. The first-order chi connectivity index (χ1) is 18.7. The lowest BCUT2D eigenvalue weighted by Crippen LogP contribution is -2.48. The number of carbonyl (C=O) groups is 3. The molecule has 13 heteroatoms. The Morgan fingerprint density at radius 3 is 2.05 bits per heavy atom. The fourth-order valence-electron chi connectivity index (χ4n) is 4.49. The highest BCUT2D eigenvalue weighted by atomic mass is 16.6. The molecule has 2 saturated heterocycles. The van der Waals surface area contributed by atoms with E-state index in [1.807, 2.05) is 4.90 Å². The summed E-state index contributed by atoms with van der Waals surface area (Å²) < 4.78 is 5.24. The lowest BCUT2D eigenvalue weighted by molar-refractivity contribution is -0.138. The van der Waals surface area contributed by atoms with Gasteiger partial charge in [0.25, 0.3) is 0 Å². The number of nitrogens with zero attached hydrogens (tertiary/aromatic N) is 7. The number of hydrogen-bond donors (Lipinski definition) is 2. The van der Waals surface area contributed by atoms with Crippen molar-refractivity contribution >= 4 is 35.8 Å². The Kier molecular flexibility index (Phi) is 8.99. The van der Waals surface area contributed by atoms with Gasteiger partial charge in [0.05, 0.1) is 0 Å². The van der Waals surface area contributed by atoms with Crippen LogP contribution in [-0.2, 0) is 16.0 Å². The number of anilines is 3. The van der Waals surface area contributed by atoms with Crippen molar-refractivity contribution in [2.75, 3.05) is 68.5 Å². The number of rotatable bonds is 8. The van der Waals surface area contributed by atoms with Gasteiger partial charge in [0, 0.05) is 66.7 Å². The van der Waals surface area contributed by atoms with Gasteiger partial charge in [-0.05, 0) is 37.0 Å². The van der Waals surface area contributed by atoms with Crippen molar-refractivity contribution in [3.63, 3.8) is 0 Å². The molecule has 2 amide bonds. The van der Waals surface area contributed by atoms with Crippen molar-refractivity contribution in [3.8, 4) is 5.75 Å². The molecular weight excluding hydrogens is 504 g/mol. The average Bonchev–Trinajstić information content (AvgIpc) is 2.94. The van der Waals surface area contributed by atoms with E-state index in [1.54, 1.807) is 50.2 Å². The number of piperazine rings is 1. The van der Waals surface area contributed by atoms with E-state index in [0.29, 0.717) is 43.8 Å². The maximum atomic E-state index is 12.2. The topological polar surface area (TPSA) is 144 Å². The number of carboxylic acids is 1. The molecule has 0 spiro atoms. The number of nitrogens with one attached hydrogen (secondary N) is 1. The molecule has 39 heavy (non-hydrogen) atoms. The maximum Gasteiger partial charge on any atom is 0.414 e. The number of benzene rings is 1. The summed E-state index contributed by atoms with van der Waals surface area (Å²) in [5.74, 6) is 0.540. The number of carbonyl (C=O) groups excluding carboxylic acids is 2. The molecule has 2 aliphatic heterocycles. The standard InChI is InChI=1S/C26H36N8O5/c1-18(35)32-13-15-34(16-14-32)25-29-23(28-24(30-25)33-11-5-4-6-12-33)27-21(22(36)37)17-19-7-9-20(10-8-19)39-26(38)31(2)3/h7-10,21H,4-6,11-17H2,1-3H3,(H,36,37)(H,27,28,29,30)/t21-/m0/s1. The molecule has 13 nitrogen and oxygen atoms in total. The van der Waals surface area contributed by atoms with Crippen LogP contribution in [-0.4, -0.2) is 107 Å². The maximum absolute atomic E-state index is 12.2. The molecule has 3 heterocycles. The van der Waals surface area contributed by atoms with Gasteiger partial charge in [0.15, 0.2) is 0 Å². The van der Waals surface area contributed by atoms with E-state index in [1.165, 1.54) is 4.90 Å². The van der Waals surface area contributed by atoms with E-state index in [9.17, 15) is 19.5 Å². The van der Waals surface area contributed by atoms with Gasteiger partial charge < -0.3 is 34.8 Å². The summed E-state index contributed by atoms with van der Waals surface area (Å²) in [4.78, 5) is 56.9. The Morgan fingerprint density at radius 2 is 1.51 bits per heavy atom. The molecule has 0 saturated carbocycles. The Labute approximate surface area is 227 Å². The summed E-state index contributed by atoms with van der Waals surface area (Å²) in [5, 5.41) is 13.0. The monoisotopic (exact) mass is 540 g/mol. The number of aliphatic carboxylic acids is 1. The fraction of sp³-hybridized carbons (Fsp3) is 0.538. The number of carboxylic acid groups (broad SMARTS) is 1. The summed E-state index contributed by atoms with van der Waals surface area (Å²) in [6.45, 7) is 5.51. The summed E-state index contributed by atoms with van der Waals surface area (Å²) in [5.41, 5.74) is 0.741. The van der Waals surface area contributed by atoms with Gasteiger partial charge in [-0.25, -0.2) is 9.59 Å². The Bertz CT molecular complexity index is 1160. The summed E-state index contributed by atoms with van der Waals surface area (Å²) in [6.07, 6.45) is 2.90. The van der Waals surface area contributed by atoms with E-state index in [0.717, 1.165) is 37.9 Å². The number of ether oxygens (including phenoxy) is 1. The third kappa shape index (κ3) is 7.45. The van der Waals surface area contributed by atoms with Crippen molar-refractivity contribution in [1.82, 2.24) is 24.8 Å². The molecule has 210 valence electrons. The van der Waals surface area contributed by atoms with Crippen LogP contribution in [0.25, 0.3) is 0 Å². The van der Waals surface area contributed by atoms with Crippen LogP contribution >= 0.6 is 0 Å². The van der Waals surface area contributed by atoms with E-state index in [-0.39, 0.29) is 18.3 Å². The van der Waals surface area contributed by atoms with Crippen LogP contribution in [0.2, 0.25) is 0 Å². The van der Waals surface area contributed by atoms with Gasteiger partial charge in [-0.15, -0.1) is 0 Å². The second kappa shape index (κ2) is 12.6. The van der Waals surface area contributed by atoms with Crippen LogP contribution in [0.3, 0.4) is 0 Å². The second-order valence-corrected chi connectivity index (χ2v) is 9.95. The molecule has 2 aliphatic rings. The zero-order valence-electron chi connectivity index (χ0n) is 22.7. The van der Waals surface area contributed by atoms with Crippen molar-refractivity contribution in [2.45, 2.75) is 38.6 Å². The third-order valence-corrected chi connectivity index (χ3v) is 6.79. The van der Waals surface area contributed by atoms with Crippen LogP contribution < -0.4 is 19.9 Å². The minimum atomic E-state index is -1.05. The minimum Gasteiger partial charge on any atom is -0.480 e. The normalized spacial score (nSPS) is 16.4. The molecule has 1 aromatic carbocycles. The molecule has 4 rings (SSSR count). The molecular formula is C26H36N8O5. The number of amides is 2. The van der Waals surface area contributed by atoms with Crippen LogP contribution in [0.5, 0.6) is 5.75 Å². The van der Waals surface area contributed by atoms with Crippen LogP contribution in [0.15, 0.2) is 24.3 Å². The van der Waals surface area contributed by atoms with E-state index in [4.69, 9.17) is 9.72 Å². The molecule has 0 aliphatic carbocycles. The van der Waals surface area contributed by atoms with Crippen LogP contribution in [0.4, 0.5) is 22.6 Å². The van der Waals surface area contributed by atoms with Gasteiger partial charge in [-0.2, -0.15) is 15.0 Å². The largest absolute Gasteiger partial charge is 0.480 e. The number of piperidine rings is 1. The lowest BCUT2D eigenvalue weighted by atomic mass is 10.1. The Balaban J connectivity index is 1.52. The highest BCUT2D eigenvalue weighted by Crippen LogP contribution is 2.22. The van der Waals surface area contributed by atoms with Gasteiger partial charge in [-0.3, -0.25) is 4.79 Å². The lowest BCUT2D eigenvalue weighted by Gasteiger charge is -2.35. The van der Waals surface area contributed by atoms with Crippen LogP contribution in [0.1, 0.15) is 31.7 Å². The molecule has 1 aromatic heterocycles. The Morgan fingerprint density at radius 1 is 0.923 bits per heavy atom. The zero-order valence-corrected chi connectivity index (χ0v) is 22.7. The predicted molar refractivity (Wildman–Crippen MR) is 145 cm³/mol. The summed E-state index contributed by atoms with van der Waals surface area (Å²) in [6, 6.07) is 5.71. The molecule has 2 N–H and O–H groups in total. The quantitative estimate of drug-likeness (QED) is 0.505.